The molecular weight excluding hydrogens is 212 g/mol. The molecule has 0 atom stereocenters. The Morgan fingerprint density at radius 2 is 1.41 bits per heavy atom. The maximum absolute atomic E-state index is 12.0. The zero-order valence-corrected chi connectivity index (χ0v) is 11.1. The summed E-state index contributed by atoms with van der Waals surface area (Å²) in [5.41, 5.74) is 3.88. The first-order valence-electron chi connectivity index (χ1n) is 6.24. The zero-order valence-electron chi connectivity index (χ0n) is 11.1. The fourth-order valence-electron chi connectivity index (χ4n) is 2.07. The van der Waals surface area contributed by atoms with E-state index in [0.29, 0.717) is 5.56 Å². The van der Waals surface area contributed by atoms with Crippen LogP contribution in [0.5, 0.6) is 0 Å². The second kappa shape index (κ2) is 5.76. The Hall–Kier alpha value is -1.44. The Morgan fingerprint density at radius 1 is 0.941 bits per heavy atom. The van der Waals surface area contributed by atoms with E-state index in [-0.39, 0.29) is 11.6 Å². The molecule has 0 radical (unpaired) electrons. The van der Waals surface area contributed by atoms with E-state index in [4.69, 9.17) is 0 Å². The lowest BCUT2D eigenvalue weighted by Crippen LogP contribution is -2.15. The molecule has 2 heteroatoms. The van der Waals surface area contributed by atoms with Crippen LogP contribution in [0.15, 0.2) is 12.1 Å². The van der Waals surface area contributed by atoms with E-state index in [1.54, 1.807) is 0 Å². The van der Waals surface area contributed by atoms with Crippen LogP contribution in [0.2, 0.25) is 0 Å². The summed E-state index contributed by atoms with van der Waals surface area (Å²) in [5.74, 6) is -0.722. The van der Waals surface area contributed by atoms with Gasteiger partial charge in [0, 0.05) is 12.5 Å². The third kappa shape index (κ3) is 2.82. The van der Waals surface area contributed by atoms with Crippen molar-refractivity contribution in [3.05, 3.63) is 34.4 Å². The van der Waals surface area contributed by atoms with Gasteiger partial charge in [0.1, 0.15) is 0 Å². The van der Waals surface area contributed by atoms with Gasteiger partial charge in [-0.3, -0.25) is 9.59 Å². The molecule has 0 aliphatic rings. The van der Waals surface area contributed by atoms with Crippen LogP contribution in [0.3, 0.4) is 0 Å². The third-order valence-corrected chi connectivity index (χ3v) is 3.08. The Balaban J connectivity index is 3.44. The molecule has 0 amide bonds. The van der Waals surface area contributed by atoms with Crippen molar-refractivity contribution in [2.24, 2.45) is 0 Å². The average molecular weight is 232 g/mol. The molecular formula is C15H20O2. The van der Waals surface area contributed by atoms with Gasteiger partial charge in [-0.1, -0.05) is 32.9 Å². The predicted molar refractivity (Wildman–Crippen MR) is 69.6 cm³/mol. The Bertz CT molecular complexity index is 419. The maximum Gasteiger partial charge on any atom is 0.228 e. The van der Waals surface area contributed by atoms with Gasteiger partial charge in [-0.2, -0.15) is 0 Å². The van der Waals surface area contributed by atoms with Gasteiger partial charge < -0.3 is 0 Å². The summed E-state index contributed by atoms with van der Waals surface area (Å²) < 4.78 is 0. The highest BCUT2D eigenvalue weighted by Gasteiger charge is 2.19. The molecule has 92 valence electrons. The largest absolute Gasteiger partial charge is 0.291 e. The van der Waals surface area contributed by atoms with Gasteiger partial charge in [-0.25, -0.2) is 0 Å². The van der Waals surface area contributed by atoms with Gasteiger partial charge in [0.25, 0.3) is 0 Å². The summed E-state index contributed by atoms with van der Waals surface area (Å²) in [6.45, 7) is 7.48. The van der Waals surface area contributed by atoms with Gasteiger partial charge in [0.15, 0.2) is 5.78 Å². The van der Waals surface area contributed by atoms with Gasteiger partial charge in [-0.05, 0) is 36.0 Å². The second-order valence-electron chi connectivity index (χ2n) is 4.24. The summed E-state index contributed by atoms with van der Waals surface area (Å²) in [5, 5.41) is 0. The van der Waals surface area contributed by atoms with Crippen molar-refractivity contribution >= 4 is 11.6 Å². The number of ketones is 2. The number of Topliss-reactive ketones (excluding diaryl/α,β-unsaturated/α-hetero) is 2. The van der Waals surface area contributed by atoms with Crippen LogP contribution in [-0.2, 0) is 24.1 Å². The van der Waals surface area contributed by atoms with E-state index < -0.39 is 0 Å². The number of hydrogen-bond acceptors (Lipinski definition) is 2. The molecule has 0 fully saturated rings. The zero-order chi connectivity index (χ0) is 13.0. The lowest BCUT2D eigenvalue weighted by molar-refractivity contribution is -0.113. The molecule has 0 unspecified atom stereocenters. The van der Waals surface area contributed by atoms with Crippen LogP contribution >= 0.6 is 0 Å². The van der Waals surface area contributed by atoms with E-state index in [9.17, 15) is 9.59 Å². The van der Waals surface area contributed by atoms with E-state index in [1.807, 2.05) is 13.8 Å². The molecule has 1 rings (SSSR count). The standard InChI is InChI=1S/C15H20O2/c1-5-11-8-12(6-2)14(13(7-3)9-11)15(17)10(4)16/h8-9H,5-7H2,1-4H3. The van der Waals surface area contributed by atoms with E-state index in [1.165, 1.54) is 12.5 Å². The first-order chi connectivity index (χ1) is 8.04. The van der Waals surface area contributed by atoms with Crippen LogP contribution < -0.4 is 0 Å². The Morgan fingerprint density at radius 3 is 1.71 bits per heavy atom. The third-order valence-electron chi connectivity index (χ3n) is 3.08. The monoisotopic (exact) mass is 232 g/mol. The summed E-state index contributed by atoms with van der Waals surface area (Å²) >= 11 is 0. The van der Waals surface area contributed by atoms with Crippen molar-refractivity contribution in [2.75, 3.05) is 0 Å². The smallest absolute Gasteiger partial charge is 0.228 e. The molecule has 0 aromatic heterocycles. The van der Waals surface area contributed by atoms with Crippen LogP contribution in [0.1, 0.15) is 54.7 Å². The number of rotatable bonds is 5. The van der Waals surface area contributed by atoms with Gasteiger partial charge >= 0.3 is 0 Å². The summed E-state index contributed by atoms with van der Waals surface area (Å²) in [6, 6.07) is 4.10. The number of benzene rings is 1. The van der Waals surface area contributed by atoms with Crippen molar-refractivity contribution in [1.82, 2.24) is 0 Å². The number of hydrogen-bond donors (Lipinski definition) is 0. The number of carbonyl (C=O) groups is 2. The Kier molecular flexibility index (Phi) is 4.62. The predicted octanol–water partition coefficient (Wildman–Crippen LogP) is 3.15. The lowest BCUT2D eigenvalue weighted by atomic mass is 9.90. The van der Waals surface area contributed by atoms with Gasteiger partial charge in [-0.15, -0.1) is 0 Å². The molecule has 0 bridgehead atoms. The molecule has 0 aliphatic carbocycles. The first-order valence-corrected chi connectivity index (χ1v) is 6.24. The molecule has 0 spiro atoms. The van der Waals surface area contributed by atoms with Crippen LogP contribution in [0.25, 0.3) is 0 Å². The second-order valence-corrected chi connectivity index (χ2v) is 4.24. The molecule has 2 nitrogen and oxygen atoms in total. The molecule has 0 saturated carbocycles. The highest BCUT2D eigenvalue weighted by molar-refractivity contribution is 6.43. The first kappa shape index (κ1) is 13.6. The van der Waals surface area contributed by atoms with Crippen LogP contribution in [0, 0.1) is 0 Å². The van der Waals surface area contributed by atoms with Gasteiger partial charge in [0.05, 0.1) is 0 Å². The van der Waals surface area contributed by atoms with Crippen molar-refractivity contribution in [3.8, 4) is 0 Å². The fraction of sp³-hybridized carbons (Fsp3) is 0.467. The molecule has 1 aromatic carbocycles. The highest BCUT2D eigenvalue weighted by Crippen LogP contribution is 2.21. The number of carbonyl (C=O) groups excluding carboxylic acids is 2. The molecule has 0 aliphatic heterocycles. The molecule has 0 heterocycles. The normalized spacial score (nSPS) is 10.4. The maximum atomic E-state index is 12.0. The minimum atomic E-state index is -0.376. The lowest BCUT2D eigenvalue weighted by Gasteiger charge is -2.13. The summed E-state index contributed by atoms with van der Waals surface area (Å²) in [6.07, 6.45) is 2.53. The number of aryl methyl sites for hydroxylation is 3. The van der Waals surface area contributed by atoms with Crippen molar-refractivity contribution < 1.29 is 9.59 Å². The van der Waals surface area contributed by atoms with Gasteiger partial charge in [0.2, 0.25) is 5.78 Å². The van der Waals surface area contributed by atoms with Crippen molar-refractivity contribution in [2.45, 2.75) is 47.0 Å². The fourth-order valence-corrected chi connectivity index (χ4v) is 2.07. The minimum absolute atomic E-state index is 0.346. The minimum Gasteiger partial charge on any atom is -0.291 e. The molecule has 0 N–H and O–H groups in total. The van der Waals surface area contributed by atoms with E-state index in [2.05, 4.69) is 19.1 Å². The molecule has 1 aromatic rings. The quantitative estimate of drug-likeness (QED) is 0.577. The topological polar surface area (TPSA) is 34.1 Å². The van der Waals surface area contributed by atoms with Crippen LogP contribution in [-0.4, -0.2) is 11.6 Å². The average Bonchev–Trinajstić information content (AvgIpc) is 2.35. The molecule has 0 saturated heterocycles. The van der Waals surface area contributed by atoms with Crippen molar-refractivity contribution in [1.29, 1.82) is 0 Å². The van der Waals surface area contributed by atoms with Crippen LogP contribution in [0.4, 0.5) is 0 Å². The summed E-state index contributed by atoms with van der Waals surface area (Å²) in [4.78, 5) is 23.2. The summed E-state index contributed by atoms with van der Waals surface area (Å²) in [7, 11) is 0. The molecule has 17 heavy (non-hydrogen) atoms. The van der Waals surface area contributed by atoms with E-state index >= 15 is 0 Å². The highest BCUT2D eigenvalue weighted by atomic mass is 16.2. The van der Waals surface area contributed by atoms with Crippen molar-refractivity contribution in [3.63, 3.8) is 0 Å². The Labute approximate surface area is 103 Å². The SMILES string of the molecule is CCc1cc(CC)c(C(=O)C(C)=O)c(CC)c1. The van der Waals surface area contributed by atoms with E-state index in [0.717, 1.165) is 30.4 Å².